The van der Waals surface area contributed by atoms with Crippen molar-refractivity contribution in [2.45, 2.75) is 69.5 Å². The van der Waals surface area contributed by atoms with Gasteiger partial charge in [-0.05, 0) is 26.7 Å². The van der Waals surface area contributed by atoms with Gasteiger partial charge < -0.3 is 35.4 Å². The number of rotatable bonds is 10. The number of aromatic carboxylic acids is 1. The van der Waals surface area contributed by atoms with Crippen molar-refractivity contribution in [1.29, 1.82) is 0 Å². The molecule has 226 valence electrons. The van der Waals surface area contributed by atoms with Crippen molar-refractivity contribution in [2.24, 2.45) is 0 Å². The lowest BCUT2D eigenvalue weighted by atomic mass is 10.0. The molecule has 4 amide bonds. The van der Waals surface area contributed by atoms with Crippen LogP contribution in [-0.2, 0) is 16.1 Å². The summed E-state index contributed by atoms with van der Waals surface area (Å²) < 4.78 is 1.62. The Kier molecular flexibility index (Phi) is 8.85. The number of hydrogen-bond acceptors (Lipinski definition) is 9. The Bertz CT molecular complexity index is 1440. The Morgan fingerprint density at radius 3 is 2.64 bits per heavy atom. The van der Waals surface area contributed by atoms with E-state index in [1.807, 2.05) is 23.6 Å². The maximum atomic E-state index is 13.0. The lowest BCUT2D eigenvalue weighted by Crippen LogP contribution is -2.54. The van der Waals surface area contributed by atoms with E-state index in [2.05, 4.69) is 25.9 Å². The summed E-state index contributed by atoms with van der Waals surface area (Å²) in [7, 11) is 0. The van der Waals surface area contributed by atoms with Gasteiger partial charge in [0.25, 0.3) is 0 Å². The molecule has 5 rings (SSSR count). The van der Waals surface area contributed by atoms with Gasteiger partial charge in [-0.25, -0.2) is 14.6 Å². The van der Waals surface area contributed by atoms with Gasteiger partial charge in [-0.3, -0.25) is 14.4 Å². The van der Waals surface area contributed by atoms with E-state index < -0.39 is 17.4 Å². The lowest BCUT2D eigenvalue weighted by molar-refractivity contribution is -0.136. The van der Waals surface area contributed by atoms with Gasteiger partial charge >= 0.3 is 12.0 Å². The number of carboxylic acids is 1. The largest absolute Gasteiger partial charge is 0.477 e. The molecule has 0 spiro atoms. The van der Waals surface area contributed by atoms with E-state index in [-0.39, 0.29) is 40.9 Å². The van der Waals surface area contributed by atoms with Crippen LogP contribution >= 0.6 is 11.8 Å². The fourth-order valence-electron chi connectivity index (χ4n) is 5.76. The van der Waals surface area contributed by atoms with Gasteiger partial charge in [-0.15, -0.1) is 0 Å². The molecule has 3 fully saturated rings. The normalized spacial score (nSPS) is 22.4. The molecule has 5 heterocycles. The molecule has 3 aliphatic heterocycles. The topological polar surface area (TPSA) is 179 Å². The van der Waals surface area contributed by atoms with Crippen molar-refractivity contribution in [2.75, 3.05) is 36.8 Å². The number of pyridine rings is 1. The monoisotopic (exact) mass is 600 g/mol. The van der Waals surface area contributed by atoms with Gasteiger partial charge in [0, 0.05) is 62.5 Å². The highest BCUT2D eigenvalue weighted by molar-refractivity contribution is 8.00. The maximum absolute atomic E-state index is 13.0. The van der Waals surface area contributed by atoms with Crippen LogP contribution in [0.4, 0.5) is 10.7 Å². The summed E-state index contributed by atoms with van der Waals surface area (Å²) in [6.07, 6.45) is 5.53. The van der Waals surface area contributed by atoms with E-state index in [9.17, 15) is 29.1 Å². The summed E-state index contributed by atoms with van der Waals surface area (Å²) in [5, 5.41) is 18.6. The number of carboxylic acid groups (broad SMARTS) is 1. The van der Waals surface area contributed by atoms with Crippen LogP contribution in [0.25, 0.3) is 11.0 Å². The molecule has 4 atom stereocenters. The van der Waals surface area contributed by atoms with Crippen LogP contribution in [0.1, 0.15) is 49.9 Å². The number of aryl methyl sites for hydroxylation is 1. The molecular weight excluding hydrogens is 564 g/mol. The molecule has 15 heteroatoms. The van der Waals surface area contributed by atoms with Crippen LogP contribution in [0.5, 0.6) is 0 Å². The number of piperazine rings is 1. The average molecular weight is 601 g/mol. The molecule has 3 saturated heterocycles. The van der Waals surface area contributed by atoms with Gasteiger partial charge in [-0.1, -0.05) is 6.42 Å². The van der Waals surface area contributed by atoms with Crippen molar-refractivity contribution in [3.8, 4) is 0 Å². The van der Waals surface area contributed by atoms with Crippen LogP contribution in [0, 0.1) is 0 Å². The zero-order valence-electron chi connectivity index (χ0n) is 23.7. The number of hydrogen-bond donors (Lipinski definition) is 4. The van der Waals surface area contributed by atoms with Crippen LogP contribution in [0.15, 0.2) is 17.2 Å². The Hall–Kier alpha value is -3.88. The summed E-state index contributed by atoms with van der Waals surface area (Å²) in [5.41, 5.74) is -0.586. The van der Waals surface area contributed by atoms with Gasteiger partial charge in [0.05, 0.1) is 17.5 Å². The summed E-state index contributed by atoms with van der Waals surface area (Å²) in [4.78, 5) is 73.6. The van der Waals surface area contributed by atoms with Crippen LogP contribution < -0.4 is 26.3 Å². The molecular formula is C27H36N8O6S. The molecule has 14 nitrogen and oxygen atoms in total. The molecule has 0 radical (unpaired) electrons. The molecule has 2 aromatic heterocycles. The third-order valence-corrected chi connectivity index (χ3v) is 9.58. The van der Waals surface area contributed by atoms with Crippen molar-refractivity contribution >= 4 is 52.6 Å². The second kappa shape index (κ2) is 12.5. The molecule has 0 unspecified atom stereocenters. The molecule has 0 aliphatic carbocycles. The van der Waals surface area contributed by atoms with Gasteiger partial charge in [0.1, 0.15) is 17.3 Å². The average Bonchev–Trinajstić information content (AvgIpc) is 3.53. The van der Waals surface area contributed by atoms with Crippen molar-refractivity contribution < 1.29 is 24.3 Å². The second-order valence-corrected chi connectivity index (χ2v) is 12.1. The summed E-state index contributed by atoms with van der Waals surface area (Å²) >= 11 is 1.86. The van der Waals surface area contributed by atoms with E-state index in [0.29, 0.717) is 56.0 Å². The smallest absolute Gasteiger partial charge is 0.341 e. The number of nitrogens with zero attached hydrogens (tertiary/aromatic N) is 5. The van der Waals surface area contributed by atoms with Crippen molar-refractivity contribution in [3.05, 3.63) is 28.2 Å². The first kappa shape index (κ1) is 29.6. The van der Waals surface area contributed by atoms with Crippen LogP contribution in [0.3, 0.4) is 0 Å². The molecule has 2 aromatic rings. The highest BCUT2D eigenvalue weighted by Crippen LogP contribution is 2.33. The number of nitrogens with one attached hydrogen (secondary N) is 3. The Balaban J connectivity index is 1.08. The molecule has 0 aromatic carbocycles. The highest BCUT2D eigenvalue weighted by atomic mass is 32.2. The Labute approximate surface area is 246 Å². The second-order valence-electron chi connectivity index (χ2n) is 10.8. The number of carbonyl (C=O) groups is 4. The number of unbranched alkanes of at least 4 members (excludes halogenated alkanes) is 1. The van der Waals surface area contributed by atoms with Crippen molar-refractivity contribution in [3.63, 3.8) is 0 Å². The Morgan fingerprint density at radius 1 is 1.17 bits per heavy atom. The first-order valence-electron chi connectivity index (χ1n) is 14.3. The number of thioether (sulfide) groups is 1. The van der Waals surface area contributed by atoms with Crippen LogP contribution in [0.2, 0.25) is 0 Å². The third kappa shape index (κ3) is 6.15. The minimum atomic E-state index is -1.30. The quantitative estimate of drug-likeness (QED) is 0.220. The first-order chi connectivity index (χ1) is 20.2. The number of carbonyl (C=O) groups excluding carboxylic acids is 3. The highest BCUT2D eigenvalue weighted by Gasteiger charge is 2.42. The van der Waals surface area contributed by atoms with Gasteiger partial charge in [0.2, 0.25) is 23.2 Å². The van der Waals surface area contributed by atoms with Gasteiger partial charge in [-0.2, -0.15) is 16.7 Å². The zero-order chi connectivity index (χ0) is 30.0. The van der Waals surface area contributed by atoms with E-state index >= 15 is 0 Å². The summed E-state index contributed by atoms with van der Waals surface area (Å²) in [6.45, 7) is 5.74. The predicted octanol–water partition coefficient (Wildman–Crippen LogP) is 0.389. The Morgan fingerprint density at radius 2 is 1.93 bits per heavy atom. The minimum absolute atomic E-state index is 0.0991. The number of anilines is 1. The van der Waals surface area contributed by atoms with E-state index in [0.717, 1.165) is 25.0 Å². The zero-order valence-corrected chi connectivity index (χ0v) is 24.5. The standard InChI is InChI=1S/C27H36N8O6S/c1-3-33-13-17(25(39)40)22(37)16-12-28-26(32-23(16)33)35-10-8-34(9-11-35)24(38)15(2)29-20(36)7-5-4-6-19-21-18(14-42-19)30-27(41)31-21/h12-13,15,18-19,21H,3-11,14H2,1-2H3,(H,29,36)(H,39,40)(H2,30,31,41)/t15-,18-,19-,21-/m0/s1. The molecule has 0 bridgehead atoms. The summed E-state index contributed by atoms with van der Waals surface area (Å²) in [6, 6.07) is -0.390. The number of amides is 4. The van der Waals surface area contributed by atoms with E-state index in [1.54, 1.807) is 16.4 Å². The number of urea groups is 1. The van der Waals surface area contributed by atoms with Gasteiger partial charge in [0.15, 0.2) is 0 Å². The number of aromatic nitrogens is 3. The third-order valence-electron chi connectivity index (χ3n) is 8.08. The molecule has 3 aliphatic rings. The number of fused-ring (bicyclic) bond motifs is 2. The molecule has 42 heavy (non-hydrogen) atoms. The maximum Gasteiger partial charge on any atom is 0.341 e. The van der Waals surface area contributed by atoms with Crippen LogP contribution in [-0.4, -0.2) is 104 Å². The van der Waals surface area contributed by atoms with Crippen molar-refractivity contribution in [1.82, 2.24) is 35.4 Å². The fraction of sp³-hybridized carbons (Fsp3) is 0.593. The van der Waals surface area contributed by atoms with E-state index in [1.165, 1.54) is 12.4 Å². The SMILES string of the molecule is CCn1cc(C(=O)O)c(=O)c2cnc(N3CCN(C(=O)[C@H](C)NC(=O)CCCC[C@@H]4SC[C@@H]5NC(=O)N[C@@H]54)CC3)nc21. The lowest BCUT2D eigenvalue weighted by Gasteiger charge is -2.36. The summed E-state index contributed by atoms with van der Waals surface area (Å²) in [5.74, 6) is -0.288. The fourth-order valence-corrected chi connectivity index (χ4v) is 7.30. The molecule has 0 saturated carbocycles. The minimum Gasteiger partial charge on any atom is -0.477 e. The first-order valence-corrected chi connectivity index (χ1v) is 15.4. The predicted molar refractivity (Wildman–Crippen MR) is 157 cm³/mol. The van der Waals surface area contributed by atoms with E-state index in [4.69, 9.17) is 0 Å². The molecule has 4 N–H and O–H groups in total.